The van der Waals surface area contributed by atoms with Crippen molar-refractivity contribution in [3.8, 4) is 0 Å². The number of halogens is 1. The molecule has 32 heavy (non-hydrogen) atoms. The first-order valence-electron chi connectivity index (χ1n) is 12.3. The Morgan fingerprint density at radius 2 is 1.84 bits per heavy atom. The molecule has 1 aliphatic carbocycles. The minimum atomic E-state index is -0.0250. The molecule has 1 atom stereocenters. The van der Waals surface area contributed by atoms with Gasteiger partial charge in [-0.25, -0.2) is 4.39 Å². The number of nitrogens with one attached hydrogen (secondary N) is 2. The van der Waals surface area contributed by atoms with Crippen LogP contribution in [-0.4, -0.2) is 12.6 Å². The molecule has 0 amide bonds. The molecule has 0 bridgehead atoms. The predicted molar refractivity (Wildman–Crippen MR) is 141 cm³/mol. The molecule has 3 heteroatoms. The molecule has 2 nitrogen and oxygen atoms in total. The second kappa shape index (κ2) is 14.1. The van der Waals surface area contributed by atoms with Crippen molar-refractivity contribution < 1.29 is 4.39 Å². The van der Waals surface area contributed by atoms with Gasteiger partial charge >= 0.3 is 0 Å². The first kappa shape index (κ1) is 27.9. The van der Waals surface area contributed by atoms with E-state index in [-0.39, 0.29) is 5.82 Å². The number of hydrogen-bond donors (Lipinski definition) is 2. The topological polar surface area (TPSA) is 24.1 Å². The van der Waals surface area contributed by atoms with Crippen LogP contribution in [0.15, 0.2) is 60.4 Å². The quantitative estimate of drug-likeness (QED) is 0.395. The van der Waals surface area contributed by atoms with E-state index >= 15 is 0 Å². The van der Waals surface area contributed by atoms with Crippen LogP contribution in [0.4, 0.5) is 10.1 Å². The summed E-state index contributed by atoms with van der Waals surface area (Å²) in [7, 11) is 0. The lowest BCUT2D eigenvalue weighted by molar-refractivity contribution is 0.524. The Morgan fingerprint density at radius 1 is 1.22 bits per heavy atom. The lowest BCUT2D eigenvalue weighted by Crippen LogP contribution is -2.38. The van der Waals surface area contributed by atoms with Gasteiger partial charge in [0.15, 0.2) is 0 Å². The van der Waals surface area contributed by atoms with Gasteiger partial charge in [0.2, 0.25) is 0 Å². The number of allylic oxidation sites excluding steroid dienone is 2. The summed E-state index contributed by atoms with van der Waals surface area (Å²) < 4.78 is 14.7. The summed E-state index contributed by atoms with van der Waals surface area (Å²) in [5, 5.41) is 7.17. The molecule has 0 saturated heterocycles. The second-order valence-electron chi connectivity index (χ2n) is 8.50. The Bertz CT molecular complexity index is 815. The van der Waals surface area contributed by atoms with Crippen molar-refractivity contribution in [2.45, 2.75) is 92.0 Å². The number of anilines is 1. The van der Waals surface area contributed by atoms with E-state index in [1.807, 2.05) is 33.8 Å². The molecular formula is C29H45FN2. The Kier molecular flexibility index (Phi) is 12.3. The van der Waals surface area contributed by atoms with Gasteiger partial charge in [-0.1, -0.05) is 71.6 Å². The van der Waals surface area contributed by atoms with Crippen LogP contribution in [-0.2, 0) is 0 Å². The molecule has 1 aromatic rings. The van der Waals surface area contributed by atoms with Gasteiger partial charge in [-0.15, -0.1) is 0 Å². The van der Waals surface area contributed by atoms with Crippen molar-refractivity contribution in [2.75, 3.05) is 11.9 Å². The summed E-state index contributed by atoms with van der Waals surface area (Å²) in [5.74, 6) is 0.415. The first-order chi connectivity index (χ1) is 15.3. The van der Waals surface area contributed by atoms with E-state index in [1.165, 1.54) is 16.8 Å². The van der Waals surface area contributed by atoms with Crippen LogP contribution in [0.2, 0.25) is 0 Å². The molecule has 1 heterocycles. The number of hydrogen-bond acceptors (Lipinski definition) is 2. The zero-order valence-corrected chi connectivity index (χ0v) is 21.3. The Morgan fingerprint density at radius 3 is 2.34 bits per heavy atom. The van der Waals surface area contributed by atoms with Crippen LogP contribution in [0, 0.1) is 12.7 Å². The molecule has 2 aliphatic rings. The van der Waals surface area contributed by atoms with Gasteiger partial charge in [-0.2, -0.15) is 0 Å². The smallest absolute Gasteiger partial charge is 0.131 e. The lowest BCUT2D eigenvalue weighted by atomic mass is 9.89. The van der Waals surface area contributed by atoms with Gasteiger partial charge < -0.3 is 10.6 Å². The van der Waals surface area contributed by atoms with E-state index < -0.39 is 0 Å². The van der Waals surface area contributed by atoms with Gasteiger partial charge in [-0.05, 0) is 68.2 Å². The van der Waals surface area contributed by atoms with Gasteiger partial charge in [0.25, 0.3) is 0 Å². The summed E-state index contributed by atoms with van der Waals surface area (Å²) >= 11 is 0. The lowest BCUT2D eigenvalue weighted by Gasteiger charge is -2.31. The van der Waals surface area contributed by atoms with Crippen molar-refractivity contribution in [2.24, 2.45) is 0 Å². The fourth-order valence-corrected chi connectivity index (χ4v) is 3.91. The third-order valence-corrected chi connectivity index (χ3v) is 5.85. The van der Waals surface area contributed by atoms with Crippen molar-refractivity contribution >= 4 is 5.69 Å². The van der Waals surface area contributed by atoms with Crippen molar-refractivity contribution in [3.63, 3.8) is 0 Å². The first-order valence-corrected chi connectivity index (χ1v) is 12.3. The molecule has 2 N–H and O–H groups in total. The molecule has 3 rings (SSSR count). The maximum Gasteiger partial charge on any atom is 0.131 e. The third kappa shape index (κ3) is 7.78. The van der Waals surface area contributed by atoms with Gasteiger partial charge in [0, 0.05) is 36.0 Å². The fraction of sp³-hybridized carbons (Fsp3) is 0.517. The normalized spacial score (nSPS) is 17.4. The van der Waals surface area contributed by atoms with Crippen molar-refractivity contribution in [1.82, 2.24) is 5.32 Å². The summed E-state index contributed by atoms with van der Waals surface area (Å²) in [5.41, 5.74) is 7.28. The SMILES string of the molecule is C=C(CCC)C1=C(Nc2ccc(C3CC3)c(F)c2C)CCNC1CC.C=CC(=C)C.CC. The molecule has 1 aliphatic heterocycles. The predicted octanol–water partition coefficient (Wildman–Crippen LogP) is 8.58. The minimum Gasteiger partial charge on any atom is -0.358 e. The molecule has 0 radical (unpaired) electrons. The van der Waals surface area contributed by atoms with Gasteiger partial charge in [0.1, 0.15) is 5.82 Å². The van der Waals surface area contributed by atoms with E-state index in [1.54, 1.807) is 6.08 Å². The summed E-state index contributed by atoms with van der Waals surface area (Å²) in [6, 6.07) is 4.37. The molecule has 0 spiro atoms. The molecule has 0 aromatic heterocycles. The summed E-state index contributed by atoms with van der Waals surface area (Å²) in [6.45, 7) is 24.5. The zero-order valence-electron chi connectivity index (χ0n) is 21.3. The molecule has 1 aromatic carbocycles. The van der Waals surface area contributed by atoms with Crippen LogP contribution >= 0.6 is 0 Å². The van der Waals surface area contributed by atoms with E-state index in [0.29, 0.717) is 12.0 Å². The summed E-state index contributed by atoms with van der Waals surface area (Å²) in [4.78, 5) is 0. The van der Waals surface area contributed by atoms with Crippen LogP contribution in [0.5, 0.6) is 0 Å². The highest BCUT2D eigenvalue weighted by Crippen LogP contribution is 2.43. The van der Waals surface area contributed by atoms with Gasteiger partial charge in [0.05, 0.1) is 0 Å². The van der Waals surface area contributed by atoms with Crippen LogP contribution < -0.4 is 10.6 Å². The highest BCUT2D eigenvalue weighted by molar-refractivity contribution is 5.59. The standard InChI is InChI=1S/C22H31FN2.C5H8.C2H6/c1-5-7-14(3)21-18(6-2)24-13-12-20(21)25-19-11-10-17(16-8-9-16)22(23)15(19)4;1-4-5(2)3;1-2/h10-11,16,18,24-25H,3,5-9,12-13H2,1-2,4H3;4H,1-2H2,3H3;1-2H3. The maximum atomic E-state index is 14.7. The van der Waals surface area contributed by atoms with E-state index in [9.17, 15) is 4.39 Å². The number of benzene rings is 1. The van der Waals surface area contributed by atoms with Crippen molar-refractivity contribution in [1.29, 1.82) is 0 Å². The molecule has 178 valence electrons. The molecule has 1 fully saturated rings. The Balaban J connectivity index is 0.000000646. The molecule has 1 unspecified atom stereocenters. The van der Waals surface area contributed by atoms with E-state index in [4.69, 9.17) is 0 Å². The van der Waals surface area contributed by atoms with Crippen molar-refractivity contribution in [3.05, 3.63) is 77.3 Å². The average Bonchev–Trinajstić information content (AvgIpc) is 3.64. The average molecular weight is 441 g/mol. The van der Waals surface area contributed by atoms with Crippen LogP contribution in [0.1, 0.15) is 90.2 Å². The highest BCUT2D eigenvalue weighted by Gasteiger charge is 2.28. The Hall–Kier alpha value is -2.13. The minimum absolute atomic E-state index is 0.0250. The second-order valence-corrected chi connectivity index (χ2v) is 8.50. The van der Waals surface area contributed by atoms with E-state index in [0.717, 1.165) is 67.5 Å². The van der Waals surface area contributed by atoms with Gasteiger partial charge in [-0.3, -0.25) is 0 Å². The Labute approximate surface area is 196 Å². The zero-order chi connectivity index (χ0) is 24.3. The highest BCUT2D eigenvalue weighted by atomic mass is 19.1. The van der Waals surface area contributed by atoms with Crippen LogP contribution in [0.25, 0.3) is 0 Å². The number of rotatable bonds is 8. The fourth-order valence-electron chi connectivity index (χ4n) is 3.91. The molecular weight excluding hydrogens is 395 g/mol. The van der Waals surface area contributed by atoms with E-state index in [2.05, 4.69) is 50.3 Å². The largest absolute Gasteiger partial charge is 0.358 e. The maximum absolute atomic E-state index is 14.7. The third-order valence-electron chi connectivity index (χ3n) is 5.85. The summed E-state index contributed by atoms with van der Waals surface area (Å²) in [6.07, 6.45) is 8.04. The molecule has 1 saturated carbocycles. The van der Waals surface area contributed by atoms with Crippen LogP contribution in [0.3, 0.4) is 0 Å². The monoisotopic (exact) mass is 440 g/mol.